The fourth-order valence-corrected chi connectivity index (χ4v) is 2.22. The standard InChI is InChI=1S/C11H18N2O3/c14-10-8-13(11(15)12-10)6-7-16-9-4-2-1-3-5-9/h9H,1-8H2,(H,12,14,15). The van der Waals surface area contributed by atoms with E-state index in [9.17, 15) is 9.59 Å². The third-order valence-corrected chi connectivity index (χ3v) is 3.13. The van der Waals surface area contributed by atoms with Crippen LogP contribution in [0.4, 0.5) is 4.79 Å². The first-order valence-corrected chi connectivity index (χ1v) is 5.96. The second-order valence-electron chi connectivity index (χ2n) is 4.41. The van der Waals surface area contributed by atoms with E-state index >= 15 is 0 Å². The summed E-state index contributed by atoms with van der Waals surface area (Å²) in [7, 11) is 0. The predicted molar refractivity (Wildman–Crippen MR) is 57.9 cm³/mol. The molecule has 0 aromatic rings. The molecule has 2 aliphatic rings. The molecular weight excluding hydrogens is 208 g/mol. The molecule has 1 heterocycles. The highest BCUT2D eigenvalue weighted by Crippen LogP contribution is 2.20. The van der Waals surface area contributed by atoms with Crippen LogP contribution in [0.15, 0.2) is 0 Å². The summed E-state index contributed by atoms with van der Waals surface area (Å²) in [5.74, 6) is -0.220. The summed E-state index contributed by atoms with van der Waals surface area (Å²) in [6.45, 7) is 1.21. The van der Waals surface area contributed by atoms with Crippen LogP contribution in [0, 0.1) is 0 Å². The van der Waals surface area contributed by atoms with Crippen LogP contribution in [0.5, 0.6) is 0 Å². The Balaban J connectivity index is 1.64. The molecule has 0 spiro atoms. The molecule has 0 unspecified atom stereocenters. The molecule has 1 aliphatic carbocycles. The van der Waals surface area contributed by atoms with Crippen LogP contribution < -0.4 is 5.32 Å². The van der Waals surface area contributed by atoms with Crippen LogP contribution >= 0.6 is 0 Å². The molecule has 0 atom stereocenters. The Labute approximate surface area is 95.1 Å². The number of carbonyl (C=O) groups excluding carboxylic acids is 2. The molecule has 1 saturated carbocycles. The summed E-state index contributed by atoms with van der Waals surface area (Å²) in [5, 5.41) is 2.25. The van der Waals surface area contributed by atoms with E-state index in [-0.39, 0.29) is 18.5 Å². The van der Waals surface area contributed by atoms with Gasteiger partial charge in [0.2, 0.25) is 5.91 Å². The Morgan fingerprint density at radius 3 is 2.62 bits per heavy atom. The van der Waals surface area contributed by atoms with Crippen molar-refractivity contribution < 1.29 is 14.3 Å². The van der Waals surface area contributed by atoms with Gasteiger partial charge in [0.15, 0.2) is 0 Å². The van der Waals surface area contributed by atoms with Crippen molar-refractivity contribution in [2.75, 3.05) is 19.7 Å². The highest BCUT2D eigenvalue weighted by atomic mass is 16.5. The fraction of sp³-hybridized carbons (Fsp3) is 0.818. The molecule has 1 N–H and O–H groups in total. The molecule has 0 aromatic carbocycles. The zero-order chi connectivity index (χ0) is 11.4. The molecule has 0 aromatic heterocycles. The van der Waals surface area contributed by atoms with E-state index in [1.807, 2.05) is 0 Å². The summed E-state index contributed by atoms with van der Waals surface area (Å²) in [5.41, 5.74) is 0. The average Bonchev–Trinajstić information content (AvgIpc) is 2.59. The predicted octanol–water partition coefficient (Wildman–Crippen LogP) is 0.887. The van der Waals surface area contributed by atoms with Crippen molar-refractivity contribution in [1.29, 1.82) is 0 Å². The first-order chi connectivity index (χ1) is 7.75. The summed E-state index contributed by atoms with van der Waals surface area (Å²) in [6, 6.07) is -0.294. The first-order valence-electron chi connectivity index (χ1n) is 5.96. The molecule has 0 bridgehead atoms. The molecule has 16 heavy (non-hydrogen) atoms. The number of rotatable bonds is 4. The number of carbonyl (C=O) groups is 2. The Morgan fingerprint density at radius 2 is 2.00 bits per heavy atom. The van der Waals surface area contributed by atoms with Crippen molar-refractivity contribution in [3.05, 3.63) is 0 Å². The summed E-state index contributed by atoms with van der Waals surface area (Å²) < 4.78 is 5.70. The molecule has 90 valence electrons. The first kappa shape index (κ1) is 11.4. The van der Waals surface area contributed by atoms with E-state index in [0.29, 0.717) is 19.3 Å². The highest BCUT2D eigenvalue weighted by molar-refractivity contribution is 6.01. The number of hydrogen-bond donors (Lipinski definition) is 1. The second-order valence-corrected chi connectivity index (χ2v) is 4.41. The molecule has 2 fully saturated rings. The topological polar surface area (TPSA) is 58.6 Å². The van der Waals surface area contributed by atoms with Crippen LogP contribution in [0.3, 0.4) is 0 Å². The van der Waals surface area contributed by atoms with Gasteiger partial charge in [0.25, 0.3) is 0 Å². The van der Waals surface area contributed by atoms with Crippen LogP contribution in [-0.4, -0.2) is 42.6 Å². The van der Waals surface area contributed by atoms with Gasteiger partial charge in [0, 0.05) is 6.54 Å². The minimum absolute atomic E-state index is 0.173. The number of hydrogen-bond acceptors (Lipinski definition) is 3. The largest absolute Gasteiger partial charge is 0.376 e. The lowest BCUT2D eigenvalue weighted by Crippen LogP contribution is -2.32. The number of nitrogens with one attached hydrogen (secondary N) is 1. The second kappa shape index (κ2) is 5.30. The van der Waals surface area contributed by atoms with Gasteiger partial charge in [-0.2, -0.15) is 0 Å². The molecule has 1 saturated heterocycles. The maximum Gasteiger partial charge on any atom is 0.324 e. The zero-order valence-corrected chi connectivity index (χ0v) is 9.41. The van der Waals surface area contributed by atoms with E-state index < -0.39 is 0 Å². The fourth-order valence-electron chi connectivity index (χ4n) is 2.22. The van der Waals surface area contributed by atoms with Gasteiger partial charge in [-0.05, 0) is 12.8 Å². The van der Waals surface area contributed by atoms with E-state index in [4.69, 9.17) is 4.74 Å². The smallest absolute Gasteiger partial charge is 0.324 e. The number of urea groups is 1. The summed E-state index contributed by atoms with van der Waals surface area (Å²) >= 11 is 0. The zero-order valence-electron chi connectivity index (χ0n) is 9.41. The average molecular weight is 226 g/mol. The van der Waals surface area contributed by atoms with Gasteiger partial charge in [-0.15, -0.1) is 0 Å². The van der Waals surface area contributed by atoms with Crippen LogP contribution in [0.25, 0.3) is 0 Å². The van der Waals surface area contributed by atoms with Crippen molar-refractivity contribution in [2.24, 2.45) is 0 Å². The van der Waals surface area contributed by atoms with E-state index in [1.54, 1.807) is 0 Å². The molecule has 2 rings (SSSR count). The van der Waals surface area contributed by atoms with Gasteiger partial charge in [-0.25, -0.2) is 4.79 Å². The van der Waals surface area contributed by atoms with Crippen LogP contribution in [-0.2, 0) is 9.53 Å². The Bertz CT molecular complexity index is 274. The third kappa shape index (κ3) is 2.95. The lowest BCUT2D eigenvalue weighted by molar-refractivity contribution is -0.118. The Kier molecular flexibility index (Phi) is 3.77. The normalized spacial score (nSPS) is 22.6. The molecule has 1 aliphatic heterocycles. The number of imide groups is 1. The molecule has 5 heteroatoms. The maximum absolute atomic E-state index is 11.2. The van der Waals surface area contributed by atoms with Crippen molar-refractivity contribution in [2.45, 2.75) is 38.2 Å². The minimum Gasteiger partial charge on any atom is -0.376 e. The number of nitrogens with zero attached hydrogens (tertiary/aromatic N) is 1. The van der Waals surface area contributed by atoms with E-state index in [1.165, 1.54) is 24.2 Å². The van der Waals surface area contributed by atoms with Gasteiger partial charge in [-0.3, -0.25) is 10.1 Å². The summed E-state index contributed by atoms with van der Waals surface area (Å²) in [6.07, 6.45) is 6.41. The quantitative estimate of drug-likeness (QED) is 0.724. The molecular formula is C11H18N2O3. The lowest BCUT2D eigenvalue weighted by atomic mass is 9.98. The van der Waals surface area contributed by atoms with Gasteiger partial charge >= 0.3 is 6.03 Å². The SMILES string of the molecule is O=C1CN(CCOC2CCCCC2)C(=O)N1. The maximum atomic E-state index is 11.2. The van der Waals surface area contributed by atoms with Crippen molar-refractivity contribution >= 4 is 11.9 Å². The Hall–Kier alpha value is -1.10. The van der Waals surface area contributed by atoms with Gasteiger partial charge < -0.3 is 9.64 Å². The van der Waals surface area contributed by atoms with Crippen LogP contribution in [0.1, 0.15) is 32.1 Å². The number of ether oxygens (including phenoxy) is 1. The molecule has 3 amide bonds. The van der Waals surface area contributed by atoms with E-state index in [2.05, 4.69) is 5.32 Å². The van der Waals surface area contributed by atoms with Crippen LogP contribution in [0.2, 0.25) is 0 Å². The van der Waals surface area contributed by atoms with Crippen molar-refractivity contribution in [3.8, 4) is 0 Å². The Morgan fingerprint density at radius 1 is 1.25 bits per heavy atom. The highest BCUT2D eigenvalue weighted by Gasteiger charge is 2.26. The van der Waals surface area contributed by atoms with Crippen molar-refractivity contribution in [1.82, 2.24) is 10.2 Å². The van der Waals surface area contributed by atoms with E-state index in [0.717, 1.165) is 12.8 Å². The third-order valence-electron chi connectivity index (χ3n) is 3.13. The van der Waals surface area contributed by atoms with Gasteiger partial charge in [0.05, 0.1) is 12.7 Å². The lowest BCUT2D eigenvalue weighted by Gasteiger charge is -2.23. The van der Waals surface area contributed by atoms with Crippen molar-refractivity contribution in [3.63, 3.8) is 0 Å². The van der Waals surface area contributed by atoms with Gasteiger partial charge in [0.1, 0.15) is 6.54 Å². The van der Waals surface area contributed by atoms with Gasteiger partial charge in [-0.1, -0.05) is 19.3 Å². The minimum atomic E-state index is -0.294. The monoisotopic (exact) mass is 226 g/mol. The summed E-state index contributed by atoms with van der Waals surface area (Å²) in [4.78, 5) is 23.6. The number of amides is 3. The molecule has 0 radical (unpaired) electrons. The molecule has 5 nitrogen and oxygen atoms in total.